The lowest BCUT2D eigenvalue weighted by molar-refractivity contribution is 0.105. The molecule has 1 fully saturated rings. The van der Waals surface area contributed by atoms with Crippen LogP contribution in [0.25, 0.3) is 0 Å². The third-order valence-electron chi connectivity index (χ3n) is 2.22. The van der Waals surface area contributed by atoms with Crippen LogP contribution < -0.4 is 0 Å². The Hall–Kier alpha value is -1.06. The molecule has 4 heteroatoms. The summed E-state index contributed by atoms with van der Waals surface area (Å²) < 4.78 is 0. The van der Waals surface area contributed by atoms with Gasteiger partial charge in [0.1, 0.15) is 0 Å². The average molecular weight is 137 g/mol. The first-order chi connectivity index (χ1) is 4.95. The van der Waals surface area contributed by atoms with Crippen molar-refractivity contribution in [1.82, 2.24) is 5.01 Å². The van der Waals surface area contributed by atoms with E-state index in [1.165, 1.54) is 0 Å². The van der Waals surface area contributed by atoms with Gasteiger partial charge in [-0.25, -0.2) is 0 Å². The minimum atomic E-state index is 0.128. The fraction of sp³-hybridized carbons (Fsp3) is 0.667. The Bertz CT molecular complexity index is 225. The van der Waals surface area contributed by atoms with Gasteiger partial charge in [0.25, 0.3) is 0 Å². The molecule has 1 saturated heterocycles. The molecule has 0 saturated carbocycles. The Morgan fingerprint density at radius 1 is 1.50 bits per heavy atom. The molecule has 3 unspecified atom stereocenters. The monoisotopic (exact) mass is 137 g/mol. The van der Waals surface area contributed by atoms with Crippen molar-refractivity contribution in [2.24, 2.45) is 16.2 Å². The van der Waals surface area contributed by atoms with Gasteiger partial charge in [0.15, 0.2) is 6.10 Å². The number of hydrazone groups is 1. The van der Waals surface area contributed by atoms with Crippen LogP contribution in [0.2, 0.25) is 0 Å². The van der Waals surface area contributed by atoms with Gasteiger partial charge in [0.05, 0.1) is 30.9 Å². The Kier molecular flexibility index (Phi) is 0.628. The van der Waals surface area contributed by atoms with E-state index in [2.05, 4.69) is 15.3 Å². The number of hydrogen-bond acceptors (Lipinski definition) is 4. The standard InChI is InChI=1S/C6H7N3O/c1-4-5-3-9(5)7-2-6(4)10-8-1/h1-2,4-6H,3H2. The molecular formula is C6H7N3O. The highest BCUT2D eigenvalue weighted by atomic mass is 16.6. The first-order valence-corrected chi connectivity index (χ1v) is 3.45. The van der Waals surface area contributed by atoms with Crippen LogP contribution in [0.15, 0.2) is 10.3 Å². The lowest BCUT2D eigenvalue weighted by Gasteiger charge is -2.14. The van der Waals surface area contributed by atoms with Gasteiger partial charge in [-0.3, -0.25) is 5.01 Å². The summed E-state index contributed by atoms with van der Waals surface area (Å²) in [7, 11) is 0. The van der Waals surface area contributed by atoms with E-state index >= 15 is 0 Å². The third-order valence-corrected chi connectivity index (χ3v) is 2.22. The summed E-state index contributed by atoms with van der Waals surface area (Å²) in [4.78, 5) is 5.05. The van der Waals surface area contributed by atoms with Crippen LogP contribution in [-0.4, -0.2) is 36.1 Å². The van der Waals surface area contributed by atoms with E-state index < -0.39 is 0 Å². The summed E-state index contributed by atoms with van der Waals surface area (Å²) in [5.74, 6) is 0.470. The van der Waals surface area contributed by atoms with Gasteiger partial charge in [-0.1, -0.05) is 5.16 Å². The second-order valence-corrected chi connectivity index (χ2v) is 2.86. The lowest BCUT2D eigenvalue weighted by Crippen LogP contribution is -2.29. The molecule has 10 heavy (non-hydrogen) atoms. The first kappa shape index (κ1) is 4.71. The van der Waals surface area contributed by atoms with Gasteiger partial charge < -0.3 is 4.84 Å². The molecule has 0 aromatic heterocycles. The molecule has 0 amide bonds. The van der Waals surface area contributed by atoms with Gasteiger partial charge in [-0.05, 0) is 0 Å². The van der Waals surface area contributed by atoms with Crippen molar-refractivity contribution in [3.05, 3.63) is 0 Å². The predicted molar refractivity (Wildman–Crippen MR) is 35.8 cm³/mol. The quantitative estimate of drug-likeness (QED) is 0.429. The SMILES string of the molecule is C1=NOC2C=NN3CC3C12. The number of oxime groups is 1. The molecule has 0 bridgehead atoms. The number of hydrogen-bond donors (Lipinski definition) is 0. The molecule has 0 N–H and O–H groups in total. The van der Waals surface area contributed by atoms with Crippen molar-refractivity contribution in [3.8, 4) is 0 Å². The molecule has 52 valence electrons. The van der Waals surface area contributed by atoms with E-state index in [1.807, 2.05) is 12.4 Å². The summed E-state index contributed by atoms with van der Waals surface area (Å²) in [5, 5.41) is 9.97. The van der Waals surface area contributed by atoms with Crippen molar-refractivity contribution in [1.29, 1.82) is 0 Å². The van der Waals surface area contributed by atoms with E-state index in [4.69, 9.17) is 4.84 Å². The van der Waals surface area contributed by atoms with Crippen molar-refractivity contribution >= 4 is 12.4 Å². The van der Waals surface area contributed by atoms with Gasteiger partial charge in [-0.2, -0.15) is 5.10 Å². The third kappa shape index (κ3) is 0.427. The summed E-state index contributed by atoms with van der Waals surface area (Å²) in [6.07, 6.45) is 3.85. The van der Waals surface area contributed by atoms with Crippen LogP contribution in [0.4, 0.5) is 0 Å². The van der Waals surface area contributed by atoms with Gasteiger partial charge in [-0.15, -0.1) is 0 Å². The molecule has 3 rings (SSSR count). The maximum Gasteiger partial charge on any atom is 0.174 e. The molecule has 0 spiro atoms. The summed E-state index contributed by atoms with van der Waals surface area (Å²) in [6.45, 7) is 1.08. The molecule has 4 nitrogen and oxygen atoms in total. The Morgan fingerprint density at radius 2 is 2.50 bits per heavy atom. The zero-order valence-corrected chi connectivity index (χ0v) is 5.34. The average Bonchev–Trinajstić information content (AvgIpc) is 2.60. The number of rotatable bonds is 0. The fourth-order valence-electron chi connectivity index (χ4n) is 1.52. The largest absolute Gasteiger partial charge is 0.386 e. The Balaban J connectivity index is 1.98. The van der Waals surface area contributed by atoms with Crippen molar-refractivity contribution in [3.63, 3.8) is 0 Å². The first-order valence-electron chi connectivity index (χ1n) is 3.45. The second-order valence-electron chi connectivity index (χ2n) is 2.86. The van der Waals surface area contributed by atoms with Gasteiger partial charge >= 0.3 is 0 Å². The van der Waals surface area contributed by atoms with Gasteiger partial charge in [0, 0.05) is 0 Å². The number of nitrogens with zero attached hydrogens (tertiary/aromatic N) is 3. The van der Waals surface area contributed by atoms with E-state index in [-0.39, 0.29) is 6.10 Å². The highest BCUT2D eigenvalue weighted by molar-refractivity contribution is 5.77. The van der Waals surface area contributed by atoms with Crippen LogP contribution in [0.1, 0.15) is 0 Å². The molecule has 3 heterocycles. The highest BCUT2D eigenvalue weighted by Crippen LogP contribution is 2.33. The minimum absolute atomic E-state index is 0.128. The lowest BCUT2D eigenvalue weighted by atomic mass is 10.0. The molecule has 3 aliphatic heterocycles. The van der Waals surface area contributed by atoms with Crippen LogP contribution in [-0.2, 0) is 4.84 Å². The van der Waals surface area contributed by atoms with Crippen molar-refractivity contribution < 1.29 is 4.84 Å². The summed E-state index contributed by atoms with van der Waals surface area (Å²) in [5.41, 5.74) is 0. The van der Waals surface area contributed by atoms with E-state index in [1.54, 1.807) is 0 Å². The molecule has 0 aromatic carbocycles. The molecule has 3 atom stereocenters. The normalized spacial score (nSPS) is 46.4. The Morgan fingerprint density at radius 3 is 3.50 bits per heavy atom. The van der Waals surface area contributed by atoms with Crippen molar-refractivity contribution in [2.75, 3.05) is 6.54 Å². The second kappa shape index (κ2) is 1.33. The molecule has 0 aliphatic carbocycles. The molecule has 0 aromatic rings. The molecule has 0 radical (unpaired) electrons. The minimum Gasteiger partial charge on any atom is -0.386 e. The van der Waals surface area contributed by atoms with E-state index in [0.29, 0.717) is 12.0 Å². The summed E-state index contributed by atoms with van der Waals surface area (Å²) in [6, 6.07) is 0.584. The van der Waals surface area contributed by atoms with Crippen LogP contribution in [0, 0.1) is 5.92 Å². The van der Waals surface area contributed by atoms with E-state index in [9.17, 15) is 0 Å². The zero-order chi connectivity index (χ0) is 6.55. The van der Waals surface area contributed by atoms with Crippen LogP contribution in [0.3, 0.4) is 0 Å². The maximum absolute atomic E-state index is 5.05. The van der Waals surface area contributed by atoms with Crippen LogP contribution in [0.5, 0.6) is 0 Å². The van der Waals surface area contributed by atoms with Crippen LogP contribution >= 0.6 is 0 Å². The fourth-order valence-corrected chi connectivity index (χ4v) is 1.52. The predicted octanol–water partition coefficient (Wildman–Crippen LogP) is -0.329. The van der Waals surface area contributed by atoms with E-state index in [0.717, 1.165) is 6.54 Å². The maximum atomic E-state index is 5.05. The molecular weight excluding hydrogens is 130 g/mol. The number of fused-ring (bicyclic) bond motifs is 3. The van der Waals surface area contributed by atoms with Crippen molar-refractivity contribution in [2.45, 2.75) is 12.1 Å². The van der Waals surface area contributed by atoms with Gasteiger partial charge in [0.2, 0.25) is 0 Å². The molecule has 3 aliphatic rings. The zero-order valence-electron chi connectivity index (χ0n) is 5.34. The Labute approximate surface area is 58.1 Å². The topological polar surface area (TPSA) is 37.0 Å². The highest BCUT2D eigenvalue weighted by Gasteiger charge is 2.48. The smallest absolute Gasteiger partial charge is 0.174 e. The summed E-state index contributed by atoms with van der Waals surface area (Å²) >= 11 is 0.